The Morgan fingerprint density at radius 3 is 2.81 bits per heavy atom. The number of anilines is 1. The lowest BCUT2D eigenvalue weighted by atomic mass is 10.0. The molecule has 1 fully saturated rings. The molecule has 1 aromatic heterocycles. The van der Waals surface area contributed by atoms with Gasteiger partial charge in [0.2, 0.25) is 5.75 Å². The van der Waals surface area contributed by atoms with Crippen molar-refractivity contribution in [1.29, 1.82) is 0 Å². The van der Waals surface area contributed by atoms with Crippen molar-refractivity contribution in [3.8, 4) is 5.75 Å². The van der Waals surface area contributed by atoms with Gasteiger partial charge in [-0.05, 0) is 25.3 Å². The number of fused-ring (bicyclic) bond motifs is 1. The molecule has 1 aliphatic heterocycles. The maximum atomic E-state index is 11.1. The number of nitro groups is 1. The number of hydrogen-bond donors (Lipinski definition) is 1. The molecule has 1 aromatic carbocycles. The molecule has 8 nitrogen and oxygen atoms in total. The molecule has 0 unspecified atom stereocenters. The predicted octanol–water partition coefficient (Wildman–Crippen LogP) is 3.52. The van der Waals surface area contributed by atoms with E-state index in [9.17, 15) is 15.2 Å². The molecule has 1 N–H and O–H groups in total. The first-order valence-electron chi connectivity index (χ1n) is 8.83. The number of benzene rings is 1. The average Bonchev–Trinajstić information content (AvgIpc) is 2.68. The predicted molar refractivity (Wildman–Crippen MR) is 103 cm³/mol. The van der Waals surface area contributed by atoms with Crippen LogP contribution in [0.15, 0.2) is 18.3 Å². The van der Waals surface area contributed by atoms with Crippen molar-refractivity contribution >= 4 is 33.9 Å². The van der Waals surface area contributed by atoms with Gasteiger partial charge in [0.25, 0.3) is 0 Å². The molecule has 146 valence electrons. The lowest BCUT2D eigenvalue weighted by Crippen LogP contribution is -2.37. The summed E-state index contributed by atoms with van der Waals surface area (Å²) < 4.78 is 10.9. The molecule has 1 aliphatic rings. The third kappa shape index (κ3) is 4.23. The maximum Gasteiger partial charge on any atom is 0.314 e. The highest BCUT2D eigenvalue weighted by atomic mass is 35.5. The molecule has 1 saturated heterocycles. The van der Waals surface area contributed by atoms with Gasteiger partial charge < -0.3 is 19.5 Å². The van der Waals surface area contributed by atoms with Crippen molar-refractivity contribution < 1.29 is 19.5 Å². The fourth-order valence-corrected chi connectivity index (χ4v) is 3.66. The van der Waals surface area contributed by atoms with Gasteiger partial charge in [-0.25, -0.2) is 0 Å². The molecule has 9 heteroatoms. The van der Waals surface area contributed by atoms with Crippen molar-refractivity contribution in [3.63, 3.8) is 0 Å². The number of methoxy groups -OCH3 is 1. The molecule has 2 heterocycles. The van der Waals surface area contributed by atoms with Gasteiger partial charge >= 0.3 is 5.69 Å². The van der Waals surface area contributed by atoms with Crippen molar-refractivity contribution in [2.45, 2.75) is 25.4 Å². The summed E-state index contributed by atoms with van der Waals surface area (Å²) in [5.74, 6) is -0.461. The first-order valence-corrected chi connectivity index (χ1v) is 9.20. The minimum absolute atomic E-state index is 0.143. The van der Waals surface area contributed by atoms with E-state index in [1.807, 2.05) is 6.07 Å². The Kier molecular flexibility index (Phi) is 6.30. The summed E-state index contributed by atoms with van der Waals surface area (Å²) in [4.78, 5) is 16.7. The van der Waals surface area contributed by atoms with E-state index in [4.69, 9.17) is 21.1 Å². The minimum Gasteiger partial charge on any atom is -0.501 e. The van der Waals surface area contributed by atoms with Crippen molar-refractivity contribution in [2.75, 3.05) is 38.3 Å². The van der Waals surface area contributed by atoms with Gasteiger partial charge in [-0.15, -0.1) is 0 Å². The van der Waals surface area contributed by atoms with Crippen LogP contribution in [0.25, 0.3) is 10.9 Å². The van der Waals surface area contributed by atoms with Crippen LogP contribution in [0.4, 0.5) is 11.4 Å². The topological polar surface area (TPSA) is 98.0 Å². The number of piperidine rings is 1. The smallest absolute Gasteiger partial charge is 0.314 e. The van der Waals surface area contributed by atoms with Crippen molar-refractivity contribution in [3.05, 3.63) is 33.5 Å². The summed E-state index contributed by atoms with van der Waals surface area (Å²) in [6.45, 7) is 2.90. The third-order valence-electron chi connectivity index (χ3n) is 4.72. The van der Waals surface area contributed by atoms with Gasteiger partial charge in [0.05, 0.1) is 16.0 Å². The van der Waals surface area contributed by atoms with Crippen LogP contribution in [0.1, 0.15) is 19.3 Å². The summed E-state index contributed by atoms with van der Waals surface area (Å²) in [5, 5.41) is 22.1. The lowest BCUT2D eigenvalue weighted by molar-refractivity contribution is -0.385. The zero-order valence-corrected chi connectivity index (χ0v) is 15.8. The number of hydrogen-bond acceptors (Lipinski definition) is 7. The number of aromatic nitrogens is 1. The number of halogens is 1. The molecule has 0 amide bonds. The molecular formula is C18H22ClN3O5. The average molecular weight is 396 g/mol. The highest BCUT2D eigenvalue weighted by Gasteiger charge is 2.26. The monoisotopic (exact) mass is 395 g/mol. The molecule has 0 spiro atoms. The number of nitrogens with zero attached hydrogens (tertiary/aromatic N) is 3. The van der Waals surface area contributed by atoms with Crippen LogP contribution in [-0.2, 0) is 9.47 Å². The van der Waals surface area contributed by atoms with E-state index >= 15 is 0 Å². The number of ether oxygens (including phenoxy) is 2. The fourth-order valence-electron chi connectivity index (χ4n) is 3.37. The van der Waals surface area contributed by atoms with Gasteiger partial charge in [-0.1, -0.05) is 11.6 Å². The van der Waals surface area contributed by atoms with Gasteiger partial charge in [-0.2, -0.15) is 0 Å². The van der Waals surface area contributed by atoms with E-state index in [-0.39, 0.29) is 16.6 Å². The van der Waals surface area contributed by atoms with E-state index in [1.54, 1.807) is 7.11 Å². The van der Waals surface area contributed by atoms with Crippen LogP contribution < -0.4 is 4.90 Å². The fraction of sp³-hybridized carbons (Fsp3) is 0.500. The SMILES string of the molecule is COCCCOC1CCN(c2ccnc3c(O)c([N+](=O)[O-])cc(Cl)c23)CC1. The molecule has 0 radical (unpaired) electrons. The second-order valence-corrected chi connectivity index (χ2v) is 6.85. The van der Waals surface area contributed by atoms with Gasteiger partial charge in [0, 0.05) is 56.7 Å². The number of nitro benzene ring substituents is 1. The van der Waals surface area contributed by atoms with E-state index in [1.165, 1.54) is 12.3 Å². The Hall–Kier alpha value is -2.16. The van der Waals surface area contributed by atoms with Crippen LogP contribution in [0.2, 0.25) is 5.02 Å². The molecule has 27 heavy (non-hydrogen) atoms. The van der Waals surface area contributed by atoms with E-state index < -0.39 is 16.4 Å². The normalized spacial score (nSPS) is 15.4. The lowest BCUT2D eigenvalue weighted by Gasteiger charge is -2.34. The first kappa shape index (κ1) is 19.6. The Labute approximate surface area is 161 Å². The number of rotatable bonds is 7. The summed E-state index contributed by atoms with van der Waals surface area (Å²) in [7, 11) is 1.68. The summed E-state index contributed by atoms with van der Waals surface area (Å²) in [5.41, 5.74) is 0.512. The molecule has 3 rings (SSSR count). The molecular weight excluding hydrogens is 374 g/mol. The van der Waals surface area contributed by atoms with Gasteiger partial charge in [-0.3, -0.25) is 15.1 Å². The standard InChI is InChI=1S/C18H22ClN3O5/c1-26-9-2-10-27-12-4-7-21(8-5-12)14-3-6-20-17-16(14)13(19)11-15(18(17)23)22(24)25/h3,6,11-12,23H,2,4-5,7-10H2,1H3. The Morgan fingerprint density at radius 2 is 2.15 bits per heavy atom. The Morgan fingerprint density at radius 1 is 1.41 bits per heavy atom. The third-order valence-corrected chi connectivity index (χ3v) is 5.02. The van der Waals surface area contributed by atoms with Crippen LogP contribution in [0.3, 0.4) is 0 Å². The minimum atomic E-state index is -0.665. The Balaban J connectivity index is 1.78. The largest absolute Gasteiger partial charge is 0.501 e. The molecule has 0 bridgehead atoms. The molecule has 2 aromatic rings. The molecule has 0 aliphatic carbocycles. The van der Waals surface area contributed by atoms with E-state index in [2.05, 4.69) is 9.88 Å². The van der Waals surface area contributed by atoms with Crippen molar-refractivity contribution in [2.24, 2.45) is 0 Å². The number of phenolic OH excluding ortho intramolecular Hbond substituents is 1. The van der Waals surface area contributed by atoms with Crippen LogP contribution in [-0.4, -0.2) is 54.5 Å². The highest BCUT2D eigenvalue weighted by Crippen LogP contribution is 2.42. The van der Waals surface area contributed by atoms with Crippen molar-refractivity contribution in [1.82, 2.24) is 4.98 Å². The van der Waals surface area contributed by atoms with E-state index in [0.717, 1.165) is 38.0 Å². The zero-order valence-electron chi connectivity index (χ0n) is 15.1. The second kappa shape index (κ2) is 8.69. The number of phenols is 1. The molecule has 0 saturated carbocycles. The summed E-state index contributed by atoms with van der Waals surface area (Å²) in [6.07, 6.45) is 4.35. The second-order valence-electron chi connectivity index (χ2n) is 6.44. The van der Waals surface area contributed by atoms with Crippen LogP contribution in [0, 0.1) is 10.1 Å². The maximum absolute atomic E-state index is 11.1. The van der Waals surface area contributed by atoms with Gasteiger partial charge in [0.1, 0.15) is 5.52 Å². The quantitative estimate of drug-likeness (QED) is 0.435. The summed E-state index contributed by atoms with van der Waals surface area (Å²) in [6, 6.07) is 3.00. The van der Waals surface area contributed by atoms with Crippen LogP contribution in [0.5, 0.6) is 5.75 Å². The number of pyridine rings is 1. The number of aromatic hydroxyl groups is 1. The van der Waals surface area contributed by atoms with Gasteiger partial charge in [0.15, 0.2) is 0 Å². The highest BCUT2D eigenvalue weighted by molar-refractivity contribution is 6.37. The molecule has 0 atom stereocenters. The Bertz CT molecular complexity index is 824. The first-order chi connectivity index (χ1) is 13.0. The summed E-state index contributed by atoms with van der Waals surface area (Å²) >= 11 is 6.31. The van der Waals surface area contributed by atoms with E-state index in [0.29, 0.717) is 18.6 Å². The zero-order chi connectivity index (χ0) is 19.4. The van der Waals surface area contributed by atoms with Crippen LogP contribution >= 0.6 is 11.6 Å².